The van der Waals surface area contributed by atoms with Crippen LogP contribution in [0, 0.1) is 0 Å². The molecule has 0 bridgehead atoms. The van der Waals surface area contributed by atoms with Crippen molar-refractivity contribution >= 4 is 36.6 Å². The predicted octanol–water partition coefficient (Wildman–Crippen LogP) is 0.207. The summed E-state index contributed by atoms with van der Waals surface area (Å²) in [5.41, 5.74) is 9.76. The van der Waals surface area contributed by atoms with Crippen LogP contribution in [-0.4, -0.2) is 23.1 Å². The minimum absolute atomic E-state index is 0.0833. The van der Waals surface area contributed by atoms with Crippen LogP contribution in [0.15, 0.2) is 0 Å². The first kappa shape index (κ1) is 12.2. The lowest BCUT2D eigenvalue weighted by Gasteiger charge is -1.70. The molecule has 0 radical (unpaired) electrons. The van der Waals surface area contributed by atoms with Gasteiger partial charge < -0.3 is 11.5 Å². The zero-order valence-corrected chi connectivity index (χ0v) is 8.11. The lowest BCUT2D eigenvalue weighted by Crippen LogP contribution is -2.04. The molecule has 0 aromatic rings. The molecule has 3 nitrogen and oxygen atoms in total. The second-order valence-electron chi connectivity index (χ2n) is 1.04. The van der Waals surface area contributed by atoms with Gasteiger partial charge in [-0.2, -0.15) is 0 Å². The summed E-state index contributed by atoms with van der Waals surface area (Å²) >= 11 is 5.73. The first-order valence-corrected chi connectivity index (χ1v) is 4.24. The van der Waals surface area contributed by atoms with E-state index >= 15 is 0 Å². The lowest BCUT2D eigenvalue weighted by atomic mass is 10.8. The van der Waals surface area contributed by atoms with Gasteiger partial charge in [-0.3, -0.25) is 4.79 Å². The van der Waals surface area contributed by atoms with E-state index in [1.165, 1.54) is 0 Å². The molecule has 0 aromatic carbocycles. The van der Waals surface area contributed by atoms with Gasteiger partial charge in [-0.05, 0) is 15.9 Å². The zero-order valence-electron chi connectivity index (χ0n) is 4.94. The monoisotopic (exact) mass is 260 g/mol. The molecule has 0 amide bonds. The van der Waals surface area contributed by atoms with Gasteiger partial charge in [-0.15, -0.1) is 0 Å². The van der Waals surface area contributed by atoms with E-state index in [0.29, 0.717) is 0 Å². The molecule has 0 unspecified atom stereocenters. The third-order valence-electron chi connectivity index (χ3n) is 0.270. The van der Waals surface area contributed by atoms with Crippen LogP contribution in [0.4, 0.5) is 0 Å². The summed E-state index contributed by atoms with van der Waals surface area (Å²) in [4.78, 5) is 9.60. The van der Waals surface area contributed by atoms with Gasteiger partial charge in [0.25, 0.3) is 0 Å². The van der Waals surface area contributed by atoms with Crippen molar-refractivity contribution in [3.05, 3.63) is 0 Å². The summed E-state index contributed by atoms with van der Waals surface area (Å²) in [6, 6.07) is 0. The summed E-state index contributed by atoms with van der Waals surface area (Å²) in [5, 5.41) is 0.910. The van der Waals surface area contributed by atoms with Crippen molar-refractivity contribution < 1.29 is 4.79 Å². The van der Waals surface area contributed by atoms with Crippen molar-refractivity contribution in [2.75, 3.05) is 18.4 Å². The van der Waals surface area contributed by atoms with E-state index in [4.69, 9.17) is 11.5 Å². The van der Waals surface area contributed by atoms with Crippen LogP contribution >= 0.6 is 31.9 Å². The van der Waals surface area contributed by atoms with Gasteiger partial charge in [-0.25, -0.2) is 0 Å². The first-order valence-electron chi connectivity index (χ1n) is 2.33. The van der Waals surface area contributed by atoms with E-state index in [2.05, 4.69) is 31.9 Å². The van der Waals surface area contributed by atoms with E-state index in [1.807, 2.05) is 0 Å². The van der Waals surface area contributed by atoms with Crippen molar-refractivity contribution in [2.45, 2.75) is 0 Å². The third kappa shape index (κ3) is 29.1. The molecule has 0 aliphatic carbocycles. The fourth-order valence-corrected chi connectivity index (χ4v) is 0. The number of carbonyl (C=O) groups is 1. The second kappa shape index (κ2) is 11.4. The summed E-state index contributed by atoms with van der Waals surface area (Å²) < 4.78 is -0.155. The molecule has 5 heteroatoms. The van der Waals surface area contributed by atoms with Crippen LogP contribution in [0.5, 0.6) is 0 Å². The maximum absolute atomic E-state index is 9.60. The molecule has 0 aliphatic rings. The maximum atomic E-state index is 9.60. The number of nitrogens with two attached hydrogens (primary N) is 2. The highest BCUT2D eigenvalue weighted by Crippen LogP contribution is 1.74. The summed E-state index contributed by atoms with van der Waals surface area (Å²) in [5.74, 6) is 0. The van der Waals surface area contributed by atoms with Crippen molar-refractivity contribution in [1.82, 2.24) is 0 Å². The fraction of sp³-hybridized carbons (Fsp3) is 0.750. The quantitative estimate of drug-likeness (QED) is 0.552. The van der Waals surface area contributed by atoms with Crippen LogP contribution in [0.25, 0.3) is 0 Å². The molecule has 9 heavy (non-hydrogen) atoms. The highest BCUT2D eigenvalue weighted by molar-refractivity contribution is 9.18. The number of alkyl halides is 1. The molecule has 0 aromatic heterocycles. The maximum Gasteiger partial charge on any atom is 0.211 e. The number of carbonyl (C=O) groups excluding carboxylic acids is 1. The molecule has 0 fully saturated rings. The predicted molar refractivity (Wildman–Crippen MR) is 45.8 cm³/mol. The Morgan fingerprint density at radius 2 is 1.67 bits per heavy atom. The van der Waals surface area contributed by atoms with Gasteiger partial charge in [0.15, 0.2) is 0 Å². The van der Waals surface area contributed by atoms with Crippen LogP contribution in [0.3, 0.4) is 0 Å². The Hall–Kier alpha value is 0.550. The average molecular weight is 262 g/mol. The highest BCUT2D eigenvalue weighted by atomic mass is 79.9. The van der Waals surface area contributed by atoms with Crippen LogP contribution in [-0.2, 0) is 4.79 Å². The standard InChI is InChI=1S/C2H4BrNO.C2H6BrN/c3-2(5)1-4;3-1-2-4/h1,4H2;1-2,4H2. The van der Waals surface area contributed by atoms with E-state index < -0.39 is 0 Å². The molecule has 0 saturated heterocycles. The minimum atomic E-state index is -0.155. The molecule has 0 atom stereocenters. The Labute approximate surface area is 71.4 Å². The third-order valence-corrected chi connectivity index (χ3v) is 1.05. The molecular weight excluding hydrogens is 252 g/mol. The van der Waals surface area contributed by atoms with Crippen molar-refractivity contribution in [3.63, 3.8) is 0 Å². The smallest absolute Gasteiger partial charge is 0.211 e. The summed E-state index contributed by atoms with van der Waals surface area (Å²) in [6.45, 7) is 0.819. The molecule has 4 N–H and O–H groups in total. The Morgan fingerprint density at radius 1 is 1.44 bits per heavy atom. The van der Waals surface area contributed by atoms with Gasteiger partial charge in [-0.1, -0.05) is 15.9 Å². The Kier molecular flexibility index (Phi) is 15.5. The fourth-order valence-electron chi connectivity index (χ4n) is 0. The van der Waals surface area contributed by atoms with Crippen molar-refractivity contribution in [3.8, 4) is 0 Å². The normalized spacial score (nSPS) is 7.56. The SMILES string of the molecule is NCC(=O)Br.NCCBr. The van der Waals surface area contributed by atoms with Crippen molar-refractivity contribution in [2.24, 2.45) is 11.5 Å². The largest absolute Gasteiger partial charge is 0.330 e. The van der Waals surface area contributed by atoms with E-state index in [9.17, 15) is 4.79 Å². The van der Waals surface area contributed by atoms with Gasteiger partial charge in [0.05, 0.1) is 6.54 Å². The van der Waals surface area contributed by atoms with Gasteiger partial charge >= 0.3 is 0 Å². The number of hydrogen-bond donors (Lipinski definition) is 2. The molecule has 0 saturated carbocycles. The summed E-state index contributed by atoms with van der Waals surface area (Å²) in [6.07, 6.45) is 0. The first-order chi connectivity index (χ1) is 4.18. The molecular formula is C4H10Br2N2O. The van der Waals surface area contributed by atoms with Crippen LogP contribution in [0.1, 0.15) is 0 Å². The second-order valence-corrected chi connectivity index (χ2v) is 2.71. The van der Waals surface area contributed by atoms with Gasteiger partial charge in [0.2, 0.25) is 4.69 Å². The molecule has 0 heterocycles. The van der Waals surface area contributed by atoms with E-state index in [-0.39, 0.29) is 11.2 Å². The minimum Gasteiger partial charge on any atom is -0.330 e. The number of hydrogen-bond acceptors (Lipinski definition) is 3. The zero-order chi connectivity index (χ0) is 7.70. The van der Waals surface area contributed by atoms with Crippen molar-refractivity contribution in [1.29, 1.82) is 0 Å². The topological polar surface area (TPSA) is 69.1 Å². The molecule has 0 spiro atoms. The lowest BCUT2D eigenvalue weighted by molar-refractivity contribution is -0.109. The van der Waals surface area contributed by atoms with E-state index in [0.717, 1.165) is 11.9 Å². The summed E-state index contributed by atoms with van der Waals surface area (Å²) in [7, 11) is 0. The highest BCUT2D eigenvalue weighted by Gasteiger charge is 1.80. The Balaban J connectivity index is 0. The molecule has 0 aliphatic heterocycles. The van der Waals surface area contributed by atoms with E-state index in [1.54, 1.807) is 0 Å². The number of halogens is 2. The number of rotatable bonds is 2. The molecule has 56 valence electrons. The van der Waals surface area contributed by atoms with Gasteiger partial charge in [0.1, 0.15) is 0 Å². The van der Waals surface area contributed by atoms with Crippen LogP contribution in [0.2, 0.25) is 0 Å². The van der Waals surface area contributed by atoms with Crippen LogP contribution < -0.4 is 11.5 Å². The Bertz CT molecular complexity index is 67.6. The van der Waals surface area contributed by atoms with Gasteiger partial charge in [0, 0.05) is 11.9 Å². The average Bonchev–Trinajstić information content (AvgIpc) is 1.89. The molecule has 0 rings (SSSR count). The Morgan fingerprint density at radius 3 is 1.67 bits per heavy atom.